The molecule has 0 aliphatic heterocycles. The summed E-state index contributed by atoms with van der Waals surface area (Å²) in [5, 5.41) is 4.82. The molecule has 226 valence electrons. The van der Waals surface area contributed by atoms with Gasteiger partial charge in [0.15, 0.2) is 0 Å². The van der Waals surface area contributed by atoms with Crippen molar-refractivity contribution in [2.75, 3.05) is 0 Å². The minimum Gasteiger partial charge on any atom is -0.0984 e. The number of hydrogen-bond donors (Lipinski definition) is 0. The maximum Gasteiger partial charge on any atom is -0.00261 e. The van der Waals surface area contributed by atoms with Crippen molar-refractivity contribution in [3.63, 3.8) is 0 Å². The number of benzene rings is 8. The summed E-state index contributed by atoms with van der Waals surface area (Å²) >= 11 is 0. The van der Waals surface area contributed by atoms with Gasteiger partial charge in [0.05, 0.1) is 0 Å². The first kappa shape index (κ1) is 29.2. The van der Waals surface area contributed by atoms with Crippen LogP contribution in [0.15, 0.2) is 183 Å². The molecule has 0 heterocycles. The third-order valence-corrected chi connectivity index (χ3v) is 9.42. The molecular formula is C48H34. The molecule has 48 heavy (non-hydrogen) atoms. The fraction of sp³-hybridized carbons (Fsp3) is 0. The molecule has 0 aliphatic carbocycles. The minimum atomic E-state index is 1.08. The second-order valence-electron chi connectivity index (χ2n) is 12.2. The highest BCUT2D eigenvalue weighted by Gasteiger charge is 2.21. The fourth-order valence-electron chi connectivity index (χ4n) is 7.16. The van der Waals surface area contributed by atoms with Crippen molar-refractivity contribution in [1.82, 2.24) is 0 Å². The van der Waals surface area contributed by atoms with Gasteiger partial charge in [0.1, 0.15) is 0 Å². The van der Waals surface area contributed by atoms with Crippen molar-refractivity contribution >= 4 is 33.7 Å². The second-order valence-corrected chi connectivity index (χ2v) is 12.2. The van der Waals surface area contributed by atoms with Crippen molar-refractivity contribution in [3.05, 3.63) is 194 Å². The summed E-state index contributed by atoms with van der Waals surface area (Å²) in [6, 6.07) is 61.1. The molecular weight excluding hydrogens is 577 g/mol. The van der Waals surface area contributed by atoms with Gasteiger partial charge in [-0.1, -0.05) is 177 Å². The Labute approximate surface area is 282 Å². The lowest BCUT2D eigenvalue weighted by atomic mass is 9.81. The highest BCUT2D eigenvalue weighted by molar-refractivity contribution is 6.13. The zero-order chi connectivity index (χ0) is 32.5. The lowest BCUT2D eigenvalue weighted by Gasteiger charge is -2.22. The van der Waals surface area contributed by atoms with E-state index >= 15 is 0 Å². The minimum absolute atomic E-state index is 1.08. The van der Waals surface area contributed by atoms with Crippen LogP contribution < -0.4 is 0 Å². The van der Waals surface area contributed by atoms with Gasteiger partial charge in [0.2, 0.25) is 0 Å². The van der Waals surface area contributed by atoms with Gasteiger partial charge in [0.25, 0.3) is 0 Å². The number of rotatable bonds is 7. The van der Waals surface area contributed by atoms with E-state index < -0.39 is 0 Å². The van der Waals surface area contributed by atoms with Gasteiger partial charge in [-0.15, -0.1) is 0 Å². The van der Waals surface area contributed by atoms with Crippen LogP contribution >= 0.6 is 0 Å². The lowest BCUT2D eigenvalue weighted by Crippen LogP contribution is -1.97. The smallest absolute Gasteiger partial charge is 0.00261 e. The Hall–Kier alpha value is -6.24. The van der Waals surface area contributed by atoms with E-state index in [0.717, 1.165) is 22.3 Å². The van der Waals surface area contributed by atoms with Crippen LogP contribution in [0, 0.1) is 0 Å². The Kier molecular flexibility index (Phi) is 7.61. The van der Waals surface area contributed by atoms with E-state index in [0.29, 0.717) is 0 Å². The molecule has 0 radical (unpaired) electrons. The van der Waals surface area contributed by atoms with Crippen molar-refractivity contribution < 1.29 is 0 Å². The van der Waals surface area contributed by atoms with Crippen LogP contribution in [-0.4, -0.2) is 0 Å². The van der Waals surface area contributed by atoms with Crippen molar-refractivity contribution in [2.24, 2.45) is 0 Å². The van der Waals surface area contributed by atoms with Gasteiger partial charge < -0.3 is 0 Å². The average Bonchev–Trinajstić information content (AvgIpc) is 3.17. The molecule has 0 spiro atoms. The van der Waals surface area contributed by atoms with Crippen LogP contribution in [0.5, 0.6) is 0 Å². The Balaban J connectivity index is 1.47. The Morgan fingerprint density at radius 1 is 0.312 bits per heavy atom. The van der Waals surface area contributed by atoms with Crippen LogP contribution in [-0.2, 0) is 0 Å². The first-order valence-corrected chi connectivity index (χ1v) is 16.4. The van der Waals surface area contributed by atoms with E-state index in [-0.39, 0.29) is 0 Å². The van der Waals surface area contributed by atoms with Crippen molar-refractivity contribution in [3.8, 4) is 55.6 Å². The second kappa shape index (κ2) is 12.5. The van der Waals surface area contributed by atoms with Crippen LogP contribution in [0.25, 0.3) is 89.3 Å². The predicted octanol–water partition coefficient (Wildman–Crippen LogP) is 13.6. The van der Waals surface area contributed by atoms with Crippen LogP contribution in [0.4, 0.5) is 0 Å². The molecule has 0 saturated heterocycles. The highest BCUT2D eigenvalue weighted by Crippen LogP contribution is 2.46. The quantitative estimate of drug-likeness (QED) is 0.168. The lowest BCUT2D eigenvalue weighted by molar-refractivity contribution is 1.55. The summed E-state index contributed by atoms with van der Waals surface area (Å²) < 4.78 is 0. The first-order chi connectivity index (χ1) is 23.7. The summed E-state index contributed by atoms with van der Waals surface area (Å²) in [7, 11) is 0. The number of fused-ring (bicyclic) bond motifs is 2. The topological polar surface area (TPSA) is 0 Å². The van der Waals surface area contributed by atoms with Crippen molar-refractivity contribution in [1.29, 1.82) is 0 Å². The Bertz CT molecular complexity index is 2450. The van der Waals surface area contributed by atoms with Crippen LogP contribution in [0.2, 0.25) is 0 Å². The van der Waals surface area contributed by atoms with Gasteiger partial charge in [-0.05, 0) is 107 Å². The fourth-order valence-corrected chi connectivity index (χ4v) is 7.16. The monoisotopic (exact) mass is 610 g/mol. The molecule has 8 rings (SSSR count). The molecule has 0 unspecified atom stereocenters. The van der Waals surface area contributed by atoms with Gasteiger partial charge in [-0.2, -0.15) is 0 Å². The molecule has 0 N–H and O–H groups in total. The molecule has 0 nitrogen and oxygen atoms in total. The molecule has 8 aromatic carbocycles. The zero-order valence-corrected chi connectivity index (χ0v) is 26.7. The van der Waals surface area contributed by atoms with E-state index in [1.165, 1.54) is 66.1 Å². The third kappa shape index (κ3) is 5.14. The standard InChI is InChI=1S/C48H34/c1-3-41-42(4-2)48(40-27-28-43(35-19-10-6-11-20-35)45(32-40)36-21-12-7-13-22-36)46-31-38(33-16-8-5-9-17-33)26-29-44(46)47(41)39-25-24-34-18-14-15-23-37(34)30-39/h3-32H,1-2H2. The van der Waals surface area contributed by atoms with Crippen LogP contribution in [0.3, 0.4) is 0 Å². The maximum atomic E-state index is 4.40. The summed E-state index contributed by atoms with van der Waals surface area (Å²) in [4.78, 5) is 0. The summed E-state index contributed by atoms with van der Waals surface area (Å²) in [6.45, 7) is 8.76. The summed E-state index contributed by atoms with van der Waals surface area (Å²) in [5.41, 5.74) is 14.0. The third-order valence-electron chi connectivity index (χ3n) is 9.42. The first-order valence-electron chi connectivity index (χ1n) is 16.4. The van der Waals surface area contributed by atoms with E-state index in [2.05, 4.69) is 183 Å². The van der Waals surface area contributed by atoms with E-state index in [4.69, 9.17) is 0 Å². The van der Waals surface area contributed by atoms with E-state index in [9.17, 15) is 0 Å². The normalized spacial score (nSPS) is 11.1. The van der Waals surface area contributed by atoms with Crippen molar-refractivity contribution in [2.45, 2.75) is 0 Å². The average molecular weight is 611 g/mol. The molecule has 0 aromatic heterocycles. The van der Waals surface area contributed by atoms with Gasteiger partial charge >= 0.3 is 0 Å². The molecule has 0 aliphatic rings. The molecule has 0 saturated carbocycles. The maximum absolute atomic E-state index is 4.40. The summed E-state index contributed by atoms with van der Waals surface area (Å²) in [5.74, 6) is 0. The predicted molar refractivity (Wildman–Crippen MR) is 209 cm³/mol. The molecule has 0 fully saturated rings. The van der Waals surface area contributed by atoms with E-state index in [1.54, 1.807) is 0 Å². The molecule has 0 atom stereocenters. The Morgan fingerprint density at radius 3 is 1.46 bits per heavy atom. The van der Waals surface area contributed by atoms with Gasteiger partial charge in [-0.25, -0.2) is 0 Å². The molecule has 8 aromatic rings. The summed E-state index contributed by atoms with van der Waals surface area (Å²) in [6.07, 6.45) is 4.02. The van der Waals surface area contributed by atoms with Gasteiger partial charge in [-0.3, -0.25) is 0 Å². The van der Waals surface area contributed by atoms with Crippen LogP contribution in [0.1, 0.15) is 11.1 Å². The SMILES string of the molecule is C=Cc1c(C=C)c(-c2ccc(-c3ccccc3)c(-c3ccccc3)c2)c2cc(-c3ccccc3)ccc2c1-c1ccc2ccccc2c1. The van der Waals surface area contributed by atoms with E-state index in [1.807, 2.05) is 12.2 Å². The molecule has 0 heteroatoms. The Morgan fingerprint density at radius 2 is 0.812 bits per heavy atom. The zero-order valence-electron chi connectivity index (χ0n) is 26.7. The number of hydrogen-bond acceptors (Lipinski definition) is 0. The highest BCUT2D eigenvalue weighted by atomic mass is 14.2. The van der Waals surface area contributed by atoms with Gasteiger partial charge in [0, 0.05) is 0 Å². The largest absolute Gasteiger partial charge is 0.0984 e. The molecule has 0 bridgehead atoms. The molecule has 0 amide bonds.